The maximum atomic E-state index is 11.6. The smallest absolute Gasteiger partial charge is 0.410 e. The number of carbonyl (C=O) groups excluding carboxylic acids is 1. The Morgan fingerprint density at radius 1 is 1.56 bits per heavy atom. The standard InChI is InChI=1S/C11H19NO4/c1-3-8(2)16-11(15)12-6-4-5-9(7-12)10(13)14/h8-9H,3-7H2,1-2H3,(H,13,14). The number of piperidine rings is 1. The molecule has 92 valence electrons. The van der Waals surface area contributed by atoms with Crippen molar-refractivity contribution in [3.8, 4) is 0 Å². The van der Waals surface area contributed by atoms with Gasteiger partial charge in [-0.15, -0.1) is 0 Å². The molecule has 5 heteroatoms. The van der Waals surface area contributed by atoms with Gasteiger partial charge >= 0.3 is 12.1 Å². The molecule has 1 saturated heterocycles. The molecule has 0 aromatic rings. The molecule has 2 unspecified atom stereocenters. The number of hydrogen-bond acceptors (Lipinski definition) is 3. The van der Waals surface area contributed by atoms with Crippen LogP contribution in [0.25, 0.3) is 0 Å². The lowest BCUT2D eigenvalue weighted by atomic mass is 9.99. The van der Waals surface area contributed by atoms with Crippen molar-refractivity contribution in [1.29, 1.82) is 0 Å². The zero-order chi connectivity index (χ0) is 12.1. The summed E-state index contributed by atoms with van der Waals surface area (Å²) in [5, 5.41) is 8.89. The molecule has 1 heterocycles. The van der Waals surface area contributed by atoms with E-state index < -0.39 is 11.9 Å². The number of carboxylic acid groups (broad SMARTS) is 1. The number of carboxylic acids is 1. The molecule has 0 spiro atoms. The van der Waals surface area contributed by atoms with Gasteiger partial charge in [-0.25, -0.2) is 4.79 Å². The Hall–Kier alpha value is -1.26. The maximum Gasteiger partial charge on any atom is 0.410 e. The van der Waals surface area contributed by atoms with E-state index in [4.69, 9.17) is 9.84 Å². The van der Waals surface area contributed by atoms with Crippen LogP contribution in [0.1, 0.15) is 33.1 Å². The van der Waals surface area contributed by atoms with Gasteiger partial charge in [-0.2, -0.15) is 0 Å². The van der Waals surface area contributed by atoms with Gasteiger partial charge in [0.15, 0.2) is 0 Å². The molecule has 2 atom stereocenters. The molecule has 0 saturated carbocycles. The van der Waals surface area contributed by atoms with Crippen molar-refractivity contribution in [3.63, 3.8) is 0 Å². The van der Waals surface area contributed by atoms with Gasteiger partial charge in [0.25, 0.3) is 0 Å². The molecule has 1 fully saturated rings. The lowest BCUT2D eigenvalue weighted by Crippen LogP contribution is -2.43. The monoisotopic (exact) mass is 229 g/mol. The predicted molar refractivity (Wildman–Crippen MR) is 58.2 cm³/mol. The third-order valence-electron chi connectivity index (χ3n) is 2.91. The van der Waals surface area contributed by atoms with Crippen LogP contribution < -0.4 is 0 Å². The zero-order valence-corrected chi connectivity index (χ0v) is 9.81. The number of aliphatic carboxylic acids is 1. The molecule has 0 aromatic carbocycles. The van der Waals surface area contributed by atoms with Gasteiger partial charge in [-0.1, -0.05) is 6.92 Å². The van der Waals surface area contributed by atoms with Gasteiger partial charge in [0, 0.05) is 13.1 Å². The first-order valence-corrected chi connectivity index (χ1v) is 5.73. The van der Waals surface area contributed by atoms with Crippen LogP contribution in [0.5, 0.6) is 0 Å². The second-order valence-corrected chi connectivity index (χ2v) is 4.23. The van der Waals surface area contributed by atoms with Crippen molar-refractivity contribution >= 4 is 12.1 Å². The third kappa shape index (κ3) is 3.40. The van der Waals surface area contributed by atoms with Crippen LogP contribution in [0.2, 0.25) is 0 Å². The number of ether oxygens (including phenoxy) is 1. The normalized spacial score (nSPS) is 22.6. The molecular formula is C11H19NO4. The highest BCUT2D eigenvalue weighted by molar-refractivity contribution is 5.73. The summed E-state index contributed by atoms with van der Waals surface area (Å²) in [5.74, 6) is -1.28. The summed E-state index contributed by atoms with van der Waals surface area (Å²) in [6.07, 6.45) is 1.63. The summed E-state index contributed by atoms with van der Waals surface area (Å²) < 4.78 is 5.16. The minimum atomic E-state index is -0.832. The van der Waals surface area contributed by atoms with E-state index in [-0.39, 0.29) is 18.7 Å². The Balaban J connectivity index is 2.47. The summed E-state index contributed by atoms with van der Waals surface area (Å²) >= 11 is 0. The van der Waals surface area contributed by atoms with Crippen LogP contribution in [0.15, 0.2) is 0 Å². The number of likely N-dealkylation sites (tertiary alicyclic amines) is 1. The molecule has 0 radical (unpaired) electrons. The third-order valence-corrected chi connectivity index (χ3v) is 2.91. The second-order valence-electron chi connectivity index (χ2n) is 4.23. The first kappa shape index (κ1) is 12.8. The summed E-state index contributed by atoms with van der Waals surface area (Å²) in [6, 6.07) is 0. The van der Waals surface area contributed by atoms with E-state index in [2.05, 4.69) is 0 Å². The highest BCUT2D eigenvalue weighted by Gasteiger charge is 2.29. The van der Waals surface area contributed by atoms with Crippen LogP contribution in [0.4, 0.5) is 4.79 Å². The fraction of sp³-hybridized carbons (Fsp3) is 0.818. The van der Waals surface area contributed by atoms with Crippen LogP contribution >= 0.6 is 0 Å². The van der Waals surface area contributed by atoms with Crippen LogP contribution in [-0.2, 0) is 9.53 Å². The Kier molecular flexibility index (Phi) is 4.58. The molecule has 1 aliphatic heterocycles. The van der Waals surface area contributed by atoms with E-state index in [1.165, 1.54) is 4.90 Å². The number of rotatable bonds is 3. The minimum Gasteiger partial charge on any atom is -0.481 e. The Morgan fingerprint density at radius 3 is 2.81 bits per heavy atom. The van der Waals surface area contributed by atoms with E-state index >= 15 is 0 Å². The maximum absolute atomic E-state index is 11.6. The highest BCUT2D eigenvalue weighted by atomic mass is 16.6. The highest BCUT2D eigenvalue weighted by Crippen LogP contribution is 2.17. The number of nitrogens with zero attached hydrogens (tertiary/aromatic N) is 1. The molecule has 5 nitrogen and oxygen atoms in total. The molecule has 1 amide bonds. The van der Waals surface area contributed by atoms with Gasteiger partial charge in [0.1, 0.15) is 6.10 Å². The van der Waals surface area contributed by atoms with Gasteiger partial charge in [0.05, 0.1) is 5.92 Å². The van der Waals surface area contributed by atoms with Crippen LogP contribution in [0.3, 0.4) is 0 Å². The average Bonchev–Trinajstić information content (AvgIpc) is 2.28. The van der Waals surface area contributed by atoms with Gasteiger partial charge in [-0.05, 0) is 26.2 Å². The van der Waals surface area contributed by atoms with Crippen LogP contribution in [-0.4, -0.2) is 41.3 Å². The van der Waals surface area contributed by atoms with Gasteiger partial charge in [-0.3, -0.25) is 4.79 Å². The largest absolute Gasteiger partial charge is 0.481 e. The van der Waals surface area contributed by atoms with Crippen molar-refractivity contribution < 1.29 is 19.4 Å². The number of carbonyl (C=O) groups is 2. The Labute approximate surface area is 95.4 Å². The topological polar surface area (TPSA) is 66.8 Å². The van der Waals surface area contributed by atoms with E-state index in [1.807, 2.05) is 13.8 Å². The Bertz CT molecular complexity index is 267. The number of hydrogen-bond donors (Lipinski definition) is 1. The van der Waals surface area contributed by atoms with Gasteiger partial charge in [0.2, 0.25) is 0 Å². The average molecular weight is 229 g/mol. The van der Waals surface area contributed by atoms with Crippen molar-refractivity contribution in [1.82, 2.24) is 4.90 Å². The van der Waals surface area contributed by atoms with Gasteiger partial charge < -0.3 is 14.7 Å². The molecular weight excluding hydrogens is 210 g/mol. The van der Waals surface area contributed by atoms with Crippen LogP contribution in [0, 0.1) is 5.92 Å². The van der Waals surface area contributed by atoms with Crippen molar-refractivity contribution in [2.24, 2.45) is 5.92 Å². The molecule has 1 N–H and O–H groups in total. The fourth-order valence-electron chi connectivity index (χ4n) is 1.67. The molecule has 1 aliphatic rings. The molecule has 16 heavy (non-hydrogen) atoms. The SMILES string of the molecule is CCC(C)OC(=O)N1CCCC(C(=O)O)C1. The Morgan fingerprint density at radius 2 is 2.25 bits per heavy atom. The lowest BCUT2D eigenvalue weighted by molar-refractivity contribution is -0.143. The first-order valence-electron chi connectivity index (χ1n) is 5.73. The van der Waals surface area contributed by atoms with Crippen molar-refractivity contribution in [3.05, 3.63) is 0 Å². The second kappa shape index (κ2) is 5.72. The molecule has 0 aliphatic carbocycles. The minimum absolute atomic E-state index is 0.113. The van der Waals surface area contributed by atoms with E-state index in [9.17, 15) is 9.59 Å². The van der Waals surface area contributed by atoms with E-state index in [1.54, 1.807) is 0 Å². The van der Waals surface area contributed by atoms with Crippen molar-refractivity contribution in [2.75, 3.05) is 13.1 Å². The summed E-state index contributed by atoms with van der Waals surface area (Å²) in [7, 11) is 0. The van der Waals surface area contributed by atoms with E-state index in [0.717, 1.165) is 12.8 Å². The molecule has 0 aromatic heterocycles. The molecule has 1 rings (SSSR count). The molecule has 0 bridgehead atoms. The fourth-order valence-corrected chi connectivity index (χ4v) is 1.67. The summed E-state index contributed by atoms with van der Waals surface area (Å²) in [6.45, 7) is 4.63. The first-order chi connectivity index (χ1) is 7.54. The summed E-state index contributed by atoms with van der Waals surface area (Å²) in [5.41, 5.74) is 0. The lowest BCUT2D eigenvalue weighted by Gasteiger charge is -2.30. The quantitative estimate of drug-likeness (QED) is 0.800. The number of amides is 1. The predicted octanol–water partition coefficient (Wildman–Crippen LogP) is 1.72. The van der Waals surface area contributed by atoms with E-state index in [0.29, 0.717) is 13.0 Å². The summed E-state index contributed by atoms with van der Waals surface area (Å²) in [4.78, 5) is 24.0. The zero-order valence-electron chi connectivity index (χ0n) is 9.81. The van der Waals surface area contributed by atoms with Crippen molar-refractivity contribution in [2.45, 2.75) is 39.2 Å².